The Morgan fingerprint density at radius 3 is 2.30 bits per heavy atom. The van der Waals surface area contributed by atoms with Crippen molar-refractivity contribution in [3.05, 3.63) is 0 Å². The van der Waals surface area contributed by atoms with Gasteiger partial charge in [0.2, 0.25) is 5.91 Å². The second-order valence-corrected chi connectivity index (χ2v) is 8.00. The number of carbonyl (C=O) groups excluding carboxylic acids is 1. The first kappa shape index (κ1) is 15.8. The zero-order valence-electron chi connectivity index (χ0n) is 13.7. The van der Waals surface area contributed by atoms with Gasteiger partial charge >= 0.3 is 0 Å². The predicted molar refractivity (Wildman–Crippen MR) is 83.5 cm³/mol. The van der Waals surface area contributed by atoms with Gasteiger partial charge in [0.15, 0.2) is 0 Å². The molecule has 2 N–H and O–H groups in total. The summed E-state index contributed by atoms with van der Waals surface area (Å²) in [5.41, 5.74) is 0.392. The SMILES string of the molecule is CC1CCNCC1NC(=O)C1CCC(C(C)(C)C)CC1. The summed E-state index contributed by atoms with van der Waals surface area (Å²) in [6.45, 7) is 11.3. The number of amides is 1. The van der Waals surface area contributed by atoms with E-state index < -0.39 is 0 Å². The third-order valence-electron chi connectivity index (χ3n) is 5.48. The molecule has 116 valence electrons. The molecule has 20 heavy (non-hydrogen) atoms. The molecule has 0 aromatic heterocycles. The second-order valence-electron chi connectivity index (χ2n) is 8.00. The fourth-order valence-electron chi connectivity index (χ4n) is 3.71. The van der Waals surface area contributed by atoms with Gasteiger partial charge in [-0.05, 0) is 55.9 Å². The Morgan fingerprint density at radius 2 is 1.75 bits per heavy atom. The van der Waals surface area contributed by atoms with Gasteiger partial charge in [0.05, 0.1) is 0 Å². The van der Waals surface area contributed by atoms with Gasteiger partial charge in [-0.25, -0.2) is 0 Å². The molecule has 1 heterocycles. The van der Waals surface area contributed by atoms with E-state index in [9.17, 15) is 4.79 Å². The van der Waals surface area contributed by atoms with Crippen LogP contribution >= 0.6 is 0 Å². The van der Waals surface area contributed by atoms with Crippen molar-refractivity contribution in [2.75, 3.05) is 13.1 Å². The molecule has 1 saturated heterocycles. The van der Waals surface area contributed by atoms with E-state index >= 15 is 0 Å². The lowest BCUT2D eigenvalue weighted by atomic mass is 9.69. The van der Waals surface area contributed by atoms with Crippen LogP contribution in [0.1, 0.15) is 59.8 Å². The molecule has 1 aliphatic carbocycles. The molecule has 1 amide bonds. The maximum atomic E-state index is 12.4. The third-order valence-corrected chi connectivity index (χ3v) is 5.48. The highest BCUT2D eigenvalue weighted by molar-refractivity contribution is 5.79. The smallest absolute Gasteiger partial charge is 0.223 e. The molecule has 1 saturated carbocycles. The van der Waals surface area contributed by atoms with E-state index in [0.717, 1.165) is 31.8 Å². The van der Waals surface area contributed by atoms with Crippen molar-refractivity contribution in [2.24, 2.45) is 23.2 Å². The molecule has 3 nitrogen and oxygen atoms in total. The number of carbonyl (C=O) groups is 1. The molecule has 0 bridgehead atoms. The average Bonchev–Trinajstić information content (AvgIpc) is 2.40. The maximum absolute atomic E-state index is 12.4. The first-order valence-electron chi connectivity index (χ1n) is 8.39. The minimum Gasteiger partial charge on any atom is -0.352 e. The summed E-state index contributed by atoms with van der Waals surface area (Å²) in [5, 5.41) is 6.68. The van der Waals surface area contributed by atoms with E-state index in [1.807, 2.05) is 0 Å². The van der Waals surface area contributed by atoms with Crippen molar-refractivity contribution in [2.45, 2.75) is 65.8 Å². The van der Waals surface area contributed by atoms with Crippen LogP contribution in [0.15, 0.2) is 0 Å². The number of nitrogens with one attached hydrogen (secondary N) is 2. The van der Waals surface area contributed by atoms with Crippen molar-refractivity contribution in [3.8, 4) is 0 Å². The van der Waals surface area contributed by atoms with Gasteiger partial charge in [-0.15, -0.1) is 0 Å². The predicted octanol–water partition coefficient (Wildman–Crippen LogP) is 2.95. The summed E-state index contributed by atoms with van der Waals surface area (Å²) in [6, 6.07) is 0.330. The van der Waals surface area contributed by atoms with Crippen molar-refractivity contribution in [1.82, 2.24) is 10.6 Å². The normalized spacial score (nSPS) is 35.6. The molecular formula is C17H32N2O. The van der Waals surface area contributed by atoms with Gasteiger partial charge in [0.25, 0.3) is 0 Å². The Hall–Kier alpha value is -0.570. The average molecular weight is 280 g/mol. The van der Waals surface area contributed by atoms with Gasteiger partial charge in [0.1, 0.15) is 0 Å². The number of hydrogen-bond acceptors (Lipinski definition) is 2. The fraction of sp³-hybridized carbons (Fsp3) is 0.941. The van der Waals surface area contributed by atoms with Crippen LogP contribution in [-0.2, 0) is 4.79 Å². The summed E-state index contributed by atoms with van der Waals surface area (Å²) in [4.78, 5) is 12.4. The molecule has 2 rings (SSSR count). The van der Waals surface area contributed by atoms with Crippen molar-refractivity contribution in [3.63, 3.8) is 0 Å². The standard InChI is InChI=1S/C17H32N2O/c1-12-9-10-18-11-15(12)19-16(20)13-5-7-14(8-6-13)17(2,3)4/h12-15,18H,5-11H2,1-4H3,(H,19,20). The number of piperidine rings is 1. The largest absolute Gasteiger partial charge is 0.352 e. The van der Waals surface area contributed by atoms with Crippen LogP contribution in [0.5, 0.6) is 0 Å². The summed E-state index contributed by atoms with van der Waals surface area (Å²) in [6.07, 6.45) is 5.73. The van der Waals surface area contributed by atoms with Crippen LogP contribution < -0.4 is 10.6 Å². The molecular weight excluding hydrogens is 248 g/mol. The van der Waals surface area contributed by atoms with E-state index in [0.29, 0.717) is 23.3 Å². The van der Waals surface area contributed by atoms with Gasteiger partial charge in [-0.3, -0.25) is 4.79 Å². The zero-order valence-corrected chi connectivity index (χ0v) is 13.7. The Balaban J connectivity index is 1.80. The number of hydrogen-bond donors (Lipinski definition) is 2. The van der Waals surface area contributed by atoms with E-state index in [1.54, 1.807) is 0 Å². The lowest BCUT2D eigenvalue weighted by molar-refractivity contribution is -0.127. The summed E-state index contributed by atoms with van der Waals surface area (Å²) in [7, 11) is 0. The Bertz CT molecular complexity index is 326. The molecule has 2 aliphatic rings. The lowest BCUT2D eigenvalue weighted by Gasteiger charge is -2.37. The van der Waals surface area contributed by atoms with Crippen LogP contribution in [0.2, 0.25) is 0 Å². The maximum Gasteiger partial charge on any atom is 0.223 e. The number of rotatable bonds is 2. The zero-order chi connectivity index (χ0) is 14.8. The monoisotopic (exact) mass is 280 g/mol. The summed E-state index contributed by atoms with van der Waals surface area (Å²) >= 11 is 0. The topological polar surface area (TPSA) is 41.1 Å². The van der Waals surface area contributed by atoms with Crippen LogP contribution in [0.25, 0.3) is 0 Å². The van der Waals surface area contributed by atoms with Gasteiger partial charge in [-0.2, -0.15) is 0 Å². The van der Waals surface area contributed by atoms with Crippen molar-refractivity contribution >= 4 is 5.91 Å². The molecule has 1 aliphatic heterocycles. The molecule has 2 atom stereocenters. The highest BCUT2D eigenvalue weighted by atomic mass is 16.1. The Morgan fingerprint density at radius 1 is 1.10 bits per heavy atom. The van der Waals surface area contributed by atoms with Crippen molar-refractivity contribution < 1.29 is 4.79 Å². The Labute approximate surface area is 124 Å². The van der Waals surface area contributed by atoms with Crippen molar-refractivity contribution in [1.29, 1.82) is 0 Å². The van der Waals surface area contributed by atoms with E-state index in [1.165, 1.54) is 19.3 Å². The quantitative estimate of drug-likeness (QED) is 0.816. The molecule has 0 spiro atoms. The van der Waals surface area contributed by atoms with Crippen LogP contribution in [-0.4, -0.2) is 25.0 Å². The molecule has 0 aromatic rings. The van der Waals surface area contributed by atoms with Gasteiger partial charge < -0.3 is 10.6 Å². The lowest BCUT2D eigenvalue weighted by Crippen LogP contribution is -2.51. The molecule has 0 radical (unpaired) electrons. The minimum atomic E-state index is 0.253. The first-order chi connectivity index (χ1) is 9.38. The Kier molecular flexibility index (Phi) is 5.11. The molecule has 3 heteroatoms. The minimum absolute atomic E-state index is 0.253. The highest BCUT2D eigenvalue weighted by Crippen LogP contribution is 2.39. The van der Waals surface area contributed by atoms with E-state index in [4.69, 9.17) is 0 Å². The fourth-order valence-corrected chi connectivity index (χ4v) is 3.71. The third kappa shape index (κ3) is 3.97. The second kappa shape index (κ2) is 6.46. The van der Waals surface area contributed by atoms with Gasteiger partial charge in [-0.1, -0.05) is 27.7 Å². The van der Waals surface area contributed by atoms with Gasteiger partial charge in [0, 0.05) is 18.5 Å². The molecule has 2 fully saturated rings. The summed E-state index contributed by atoms with van der Waals surface area (Å²) in [5.74, 6) is 1.94. The molecule has 0 aromatic carbocycles. The van der Waals surface area contributed by atoms with Crippen LogP contribution in [0.3, 0.4) is 0 Å². The van der Waals surface area contributed by atoms with E-state index in [2.05, 4.69) is 38.3 Å². The molecule has 2 unspecified atom stereocenters. The van der Waals surface area contributed by atoms with E-state index in [-0.39, 0.29) is 5.92 Å². The highest BCUT2D eigenvalue weighted by Gasteiger charge is 2.33. The first-order valence-corrected chi connectivity index (χ1v) is 8.39. The van der Waals surface area contributed by atoms with Crippen LogP contribution in [0.4, 0.5) is 0 Å². The summed E-state index contributed by atoms with van der Waals surface area (Å²) < 4.78 is 0. The van der Waals surface area contributed by atoms with Crippen LogP contribution in [0, 0.1) is 23.2 Å².